The molecular weight excluding hydrogens is 444 g/mol. The number of benzene rings is 1. The van der Waals surface area contributed by atoms with Crippen molar-refractivity contribution in [3.63, 3.8) is 0 Å². The number of aromatic nitrogens is 2. The lowest BCUT2D eigenvalue weighted by Crippen LogP contribution is -2.50. The highest BCUT2D eigenvalue weighted by molar-refractivity contribution is 9.10. The van der Waals surface area contributed by atoms with Gasteiger partial charge in [0.2, 0.25) is 5.91 Å². The van der Waals surface area contributed by atoms with E-state index in [4.69, 9.17) is 0 Å². The van der Waals surface area contributed by atoms with Gasteiger partial charge in [0, 0.05) is 44.4 Å². The fraction of sp³-hybridized carbons (Fsp3) is 0.522. The zero-order chi connectivity index (χ0) is 20.9. The van der Waals surface area contributed by atoms with Gasteiger partial charge in [-0.15, -0.1) is 0 Å². The van der Waals surface area contributed by atoms with E-state index in [1.165, 1.54) is 32.1 Å². The van der Waals surface area contributed by atoms with Gasteiger partial charge in [0.25, 0.3) is 5.91 Å². The van der Waals surface area contributed by atoms with Crippen LogP contribution in [0, 0.1) is 5.92 Å². The van der Waals surface area contributed by atoms with Gasteiger partial charge in [-0.25, -0.2) is 4.68 Å². The van der Waals surface area contributed by atoms with Gasteiger partial charge in [-0.05, 0) is 52.5 Å². The largest absolute Gasteiger partial charge is 0.339 e. The maximum atomic E-state index is 12.9. The lowest BCUT2D eigenvalue weighted by Gasteiger charge is -2.35. The predicted octanol–water partition coefficient (Wildman–Crippen LogP) is 4.28. The molecule has 0 atom stereocenters. The molecule has 1 aliphatic carbocycles. The van der Waals surface area contributed by atoms with Crippen LogP contribution in [0.25, 0.3) is 5.69 Å². The summed E-state index contributed by atoms with van der Waals surface area (Å²) < 4.78 is 2.67. The molecule has 2 amide bonds. The number of hydrogen-bond acceptors (Lipinski definition) is 3. The standard InChI is InChI=1S/C23H29BrN4O2/c24-20-16-25-28(17-20)21-9-7-19(8-10-21)23(30)27-14-12-26(13-15-27)22(29)11-6-18-4-2-1-3-5-18/h7-10,16-18H,1-6,11-15H2. The van der Waals surface area contributed by atoms with E-state index < -0.39 is 0 Å². The molecule has 2 fully saturated rings. The number of carbonyl (C=O) groups excluding carboxylic acids is 2. The number of carbonyl (C=O) groups is 2. The minimum Gasteiger partial charge on any atom is -0.339 e. The minimum atomic E-state index is 0.0255. The lowest BCUT2D eigenvalue weighted by molar-refractivity contribution is -0.133. The van der Waals surface area contributed by atoms with E-state index in [2.05, 4.69) is 21.0 Å². The third kappa shape index (κ3) is 5.12. The Labute approximate surface area is 186 Å². The molecule has 0 spiro atoms. The molecule has 0 unspecified atom stereocenters. The number of piperazine rings is 1. The quantitative estimate of drug-likeness (QED) is 0.652. The fourth-order valence-corrected chi connectivity index (χ4v) is 4.79. The highest BCUT2D eigenvalue weighted by Crippen LogP contribution is 2.27. The van der Waals surface area contributed by atoms with E-state index in [1.54, 1.807) is 10.9 Å². The summed E-state index contributed by atoms with van der Waals surface area (Å²) in [6.45, 7) is 2.47. The molecule has 1 saturated carbocycles. The van der Waals surface area contributed by atoms with Crippen LogP contribution in [0.15, 0.2) is 41.1 Å². The third-order valence-electron chi connectivity index (χ3n) is 6.34. The van der Waals surface area contributed by atoms with Gasteiger partial charge >= 0.3 is 0 Å². The first kappa shape index (κ1) is 21.1. The molecule has 0 N–H and O–H groups in total. The molecule has 1 aromatic carbocycles. The second-order valence-electron chi connectivity index (χ2n) is 8.37. The Morgan fingerprint density at radius 3 is 2.27 bits per heavy atom. The van der Waals surface area contributed by atoms with Crippen LogP contribution in [-0.4, -0.2) is 57.6 Å². The van der Waals surface area contributed by atoms with Crippen LogP contribution in [0.1, 0.15) is 55.3 Å². The van der Waals surface area contributed by atoms with E-state index >= 15 is 0 Å². The normalized spacial score (nSPS) is 17.9. The molecule has 30 heavy (non-hydrogen) atoms. The highest BCUT2D eigenvalue weighted by Gasteiger charge is 2.25. The third-order valence-corrected chi connectivity index (χ3v) is 6.75. The first-order valence-corrected chi connectivity index (χ1v) is 11.8. The molecule has 2 aromatic rings. The summed E-state index contributed by atoms with van der Waals surface area (Å²) in [7, 11) is 0. The van der Waals surface area contributed by atoms with E-state index in [1.807, 2.05) is 40.3 Å². The lowest BCUT2D eigenvalue weighted by atomic mass is 9.86. The summed E-state index contributed by atoms with van der Waals surface area (Å²) in [6, 6.07) is 7.49. The molecule has 1 saturated heterocycles. The van der Waals surface area contributed by atoms with Crippen molar-refractivity contribution in [3.8, 4) is 5.69 Å². The summed E-state index contributed by atoms with van der Waals surface area (Å²) in [5.41, 5.74) is 1.58. The SMILES string of the molecule is O=C(CCC1CCCCC1)N1CCN(C(=O)c2ccc(-n3cc(Br)cn3)cc2)CC1. The van der Waals surface area contributed by atoms with Gasteiger partial charge in [-0.2, -0.15) is 5.10 Å². The van der Waals surface area contributed by atoms with Gasteiger partial charge in [-0.1, -0.05) is 32.1 Å². The van der Waals surface area contributed by atoms with Crippen LogP contribution in [0.4, 0.5) is 0 Å². The van der Waals surface area contributed by atoms with Crippen LogP contribution >= 0.6 is 15.9 Å². The molecule has 1 aromatic heterocycles. The maximum Gasteiger partial charge on any atom is 0.253 e. The highest BCUT2D eigenvalue weighted by atomic mass is 79.9. The zero-order valence-corrected chi connectivity index (χ0v) is 18.9. The first-order valence-electron chi connectivity index (χ1n) is 11.0. The second kappa shape index (κ2) is 9.77. The summed E-state index contributed by atoms with van der Waals surface area (Å²) in [5, 5.41) is 4.26. The van der Waals surface area contributed by atoms with Crippen LogP contribution in [0.2, 0.25) is 0 Å². The molecule has 160 valence electrons. The van der Waals surface area contributed by atoms with Crippen molar-refractivity contribution in [1.29, 1.82) is 0 Å². The summed E-state index contributed by atoms with van der Waals surface area (Å²) in [5.74, 6) is 1.01. The van der Waals surface area contributed by atoms with Crippen molar-refractivity contribution in [1.82, 2.24) is 19.6 Å². The Kier molecular flexibility index (Phi) is 6.87. The van der Waals surface area contributed by atoms with Crippen molar-refractivity contribution in [2.24, 2.45) is 5.92 Å². The molecule has 6 nitrogen and oxygen atoms in total. The Morgan fingerprint density at radius 1 is 0.967 bits per heavy atom. The van der Waals surface area contributed by atoms with E-state index in [9.17, 15) is 9.59 Å². The second-order valence-corrected chi connectivity index (χ2v) is 9.28. The number of hydrogen-bond donors (Lipinski definition) is 0. The van der Waals surface area contributed by atoms with Crippen molar-refractivity contribution >= 4 is 27.7 Å². The van der Waals surface area contributed by atoms with Crippen LogP contribution in [0.3, 0.4) is 0 Å². The van der Waals surface area contributed by atoms with Crippen LogP contribution in [0.5, 0.6) is 0 Å². The topological polar surface area (TPSA) is 58.4 Å². The van der Waals surface area contributed by atoms with Gasteiger partial charge < -0.3 is 9.80 Å². The van der Waals surface area contributed by atoms with Gasteiger partial charge in [0.1, 0.15) is 0 Å². The van der Waals surface area contributed by atoms with E-state index in [0.717, 1.165) is 22.5 Å². The summed E-state index contributed by atoms with van der Waals surface area (Å²) in [4.78, 5) is 29.2. The van der Waals surface area contributed by atoms with Crippen molar-refractivity contribution in [2.75, 3.05) is 26.2 Å². The van der Waals surface area contributed by atoms with E-state index in [0.29, 0.717) is 38.2 Å². The molecule has 0 bridgehead atoms. The van der Waals surface area contributed by atoms with Crippen LogP contribution in [-0.2, 0) is 4.79 Å². The molecule has 1 aliphatic heterocycles. The molecule has 2 aliphatic rings. The first-order chi connectivity index (χ1) is 14.6. The number of halogens is 1. The van der Waals surface area contributed by atoms with Gasteiger partial charge in [0.05, 0.1) is 16.4 Å². The van der Waals surface area contributed by atoms with Crippen molar-refractivity contribution in [3.05, 3.63) is 46.7 Å². The minimum absolute atomic E-state index is 0.0255. The smallest absolute Gasteiger partial charge is 0.253 e. The van der Waals surface area contributed by atoms with Gasteiger partial charge in [0.15, 0.2) is 0 Å². The molecule has 0 radical (unpaired) electrons. The summed E-state index contributed by atoms with van der Waals surface area (Å²) in [6.07, 6.45) is 11.8. The Balaban J connectivity index is 1.26. The Morgan fingerprint density at radius 2 is 1.63 bits per heavy atom. The summed E-state index contributed by atoms with van der Waals surface area (Å²) >= 11 is 3.39. The Bertz CT molecular complexity index is 866. The fourth-order valence-electron chi connectivity index (χ4n) is 4.50. The monoisotopic (exact) mass is 472 g/mol. The zero-order valence-electron chi connectivity index (χ0n) is 17.3. The maximum absolute atomic E-state index is 12.9. The Hall–Kier alpha value is -2.15. The van der Waals surface area contributed by atoms with E-state index in [-0.39, 0.29) is 11.8 Å². The average molecular weight is 473 g/mol. The van der Waals surface area contributed by atoms with Gasteiger partial charge in [-0.3, -0.25) is 9.59 Å². The molecule has 7 heteroatoms. The van der Waals surface area contributed by atoms with Crippen molar-refractivity contribution in [2.45, 2.75) is 44.9 Å². The van der Waals surface area contributed by atoms with Crippen molar-refractivity contribution < 1.29 is 9.59 Å². The average Bonchev–Trinajstić information content (AvgIpc) is 3.24. The molecular formula is C23H29BrN4O2. The van der Waals surface area contributed by atoms with Crippen LogP contribution < -0.4 is 0 Å². The molecule has 4 rings (SSSR count). The number of amides is 2. The number of nitrogens with zero attached hydrogens (tertiary/aromatic N) is 4. The molecule has 2 heterocycles. The number of rotatable bonds is 5. The predicted molar refractivity (Wildman–Crippen MR) is 120 cm³/mol.